The van der Waals surface area contributed by atoms with Crippen LogP contribution in [0.2, 0.25) is 0 Å². The highest BCUT2D eigenvalue weighted by Gasteiger charge is 2.33. The molecule has 1 fully saturated rings. The first-order chi connectivity index (χ1) is 10.9. The quantitative estimate of drug-likeness (QED) is 0.618. The van der Waals surface area contributed by atoms with E-state index in [9.17, 15) is 13.2 Å². The molecule has 5 nitrogen and oxygen atoms in total. The van der Waals surface area contributed by atoms with Crippen molar-refractivity contribution in [3.8, 4) is 0 Å². The van der Waals surface area contributed by atoms with Crippen LogP contribution < -0.4 is 0 Å². The highest BCUT2D eigenvalue weighted by Crippen LogP contribution is 2.29. The molecule has 1 aliphatic rings. The van der Waals surface area contributed by atoms with Gasteiger partial charge in [0.25, 0.3) is 0 Å². The fourth-order valence-corrected chi connectivity index (χ4v) is 4.72. The molecule has 0 aliphatic heterocycles. The predicted octanol–water partition coefficient (Wildman–Crippen LogP) is 3.64. The number of hydrogen-bond donors (Lipinski definition) is 0. The summed E-state index contributed by atoms with van der Waals surface area (Å²) in [4.78, 5) is 11.8. The van der Waals surface area contributed by atoms with Gasteiger partial charge >= 0.3 is 6.16 Å². The molecule has 0 heterocycles. The van der Waals surface area contributed by atoms with Crippen molar-refractivity contribution in [1.29, 1.82) is 0 Å². The third-order valence-corrected chi connectivity index (χ3v) is 6.38. The van der Waals surface area contributed by atoms with Crippen LogP contribution in [0.5, 0.6) is 0 Å². The minimum absolute atomic E-state index is 0.247. The first kappa shape index (κ1) is 17.8. The lowest BCUT2D eigenvalue weighted by Gasteiger charge is -2.20. The molecule has 0 unspecified atom stereocenters. The van der Waals surface area contributed by atoms with Crippen LogP contribution in [-0.2, 0) is 19.3 Å². The molecule has 1 aromatic rings. The number of carbonyl (C=O) groups is 1. The summed E-state index contributed by atoms with van der Waals surface area (Å²) < 4.78 is 35.7. The van der Waals surface area contributed by atoms with Crippen LogP contribution in [0.25, 0.3) is 0 Å². The second-order valence-corrected chi connectivity index (χ2v) is 8.15. The highest BCUT2D eigenvalue weighted by molar-refractivity contribution is 7.92. The molecule has 1 aromatic carbocycles. The molecule has 6 heteroatoms. The Kier molecular flexibility index (Phi) is 6.04. The normalized spacial score (nSPS) is 22.2. The fraction of sp³-hybridized carbons (Fsp3) is 0.588. The second-order valence-electron chi connectivity index (χ2n) is 5.92. The van der Waals surface area contributed by atoms with Crippen LogP contribution in [0.3, 0.4) is 0 Å². The number of sulfone groups is 1. The van der Waals surface area contributed by atoms with Crippen LogP contribution >= 0.6 is 0 Å². The van der Waals surface area contributed by atoms with Crippen molar-refractivity contribution in [2.45, 2.75) is 62.2 Å². The van der Waals surface area contributed by atoms with Crippen LogP contribution in [0.1, 0.15) is 44.6 Å². The van der Waals surface area contributed by atoms with Crippen molar-refractivity contribution in [1.82, 2.24) is 0 Å². The van der Waals surface area contributed by atoms with Crippen molar-refractivity contribution in [3.05, 3.63) is 29.8 Å². The van der Waals surface area contributed by atoms with Crippen molar-refractivity contribution in [2.24, 2.45) is 0 Å². The van der Waals surface area contributed by atoms with Gasteiger partial charge in [-0.05, 0) is 45.2 Å². The molecule has 2 atom stereocenters. The van der Waals surface area contributed by atoms with Crippen molar-refractivity contribution in [2.75, 3.05) is 6.61 Å². The third-order valence-electron chi connectivity index (χ3n) is 4.14. The maximum atomic E-state index is 12.8. The first-order valence-corrected chi connectivity index (χ1v) is 9.62. The largest absolute Gasteiger partial charge is 0.508 e. The topological polar surface area (TPSA) is 69.7 Å². The van der Waals surface area contributed by atoms with Gasteiger partial charge < -0.3 is 9.47 Å². The summed E-state index contributed by atoms with van der Waals surface area (Å²) in [6.45, 7) is 3.88. The number of carbonyl (C=O) groups excluding carboxylic acids is 1. The van der Waals surface area contributed by atoms with Gasteiger partial charge in [-0.1, -0.05) is 24.1 Å². The van der Waals surface area contributed by atoms with Gasteiger partial charge in [0.2, 0.25) is 0 Å². The van der Waals surface area contributed by atoms with Gasteiger partial charge in [-0.3, -0.25) is 0 Å². The van der Waals surface area contributed by atoms with E-state index in [1.54, 1.807) is 31.2 Å². The molecule has 0 radical (unpaired) electrons. The van der Waals surface area contributed by atoms with Gasteiger partial charge in [-0.2, -0.15) is 0 Å². The summed E-state index contributed by atoms with van der Waals surface area (Å²) in [6, 6.07) is 6.90. The van der Waals surface area contributed by atoms with Crippen LogP contribution in [0.15, 0.2) is 29.2 Å². The average Bonchev–Trinajstić information content (AvgIpc) is 2.74. The van der Waals surface area contributed by atoms with E-state index in [1.807, 2.05) is 6.92 Å². The number of hydrogen-bond acceptors (Lipinski definition) is 5. The molecular weight excluding hydrogens is 316 g/mol. The van der Waals surface area contributed by atoms with Gasteiger partial charge in [-0.15, -0.1) is 0 Å². The molecule has 0 aromatic heterocycles. The van der Waals surface area contributed by atoms with E-state index in [0.717, 1.165) is 18.4 Å². The highest BCUT2D eigenvalue weighted by atomic mass is 32.2. The van der Waals surface area contributed by atoms with Gasteiger partial charge in [0.1, 0.15) is 6.10 Å². The first-order valence-electron chi connectivity index (χ1n) is 8.07. The Bertz CT molecular complexity index is 621. The van der Waals surface area contributed by atoms with E-state index >= 15 is 0 Å². The number of rotatable bonds is 4. The van der Waals surface area contributed by atoms with E-state index in [0.29, 0.717) is 24.2 Å². The Balaban J connectivity index is 2.13. The van der Waals surface area contributed by atoms with E-state index in [-0.39, 0.29) is 6.61 Å². The SMILES string of the molecule is CCOC(=O)O[C@H]1CCCC[C@H](S(=O)(=O)c2ccc(C)cc2)C1. The molecule has 0 N–H and O–H groups in total. The van der Waals surface area contributed by atoms with Crippen LogP contribution in [0, 0.1) is 6.92 Å². The molecule has 0 amide bonds. The zero-order valence-corrected chi connectivity index (χ0v) is 14.5. The molecule has 128 valence electrons. The summed E-state index contributed by atoms with van der Waals surface area (Å²) >= 11 is 0. The van der Waals surface area contributed by atoms with Gasteiger partial charge in [0, 0.05) is 6.42 Å². The summed E-state index contributed by atoms with van der Waals surface area (Å²) in [5.41, 5.74) is 1.02. The Morgan fingerprint density at radius 3 is 2.48 bits per heavy atom. The molecule has 0 spiro atoms. The standard InChI is InChI=1S/C17H24O5S/c1-3-21-17(18)22-14-6-4-5-7-16(12-14)23(19,20)15-10-8-13(2)9-11-15/h8-11,14,16H,3-7,12H2,1-2H3/t14-,16-/m0/s1. The Morgan fingerprint density at radius 2 is 1.83 bits per heavy atom. The van der Waals surface area contributed by atoms with Crippen molar-refractivity contribution in [3.63, 3.8) is 0 Å². The summed E-state index contributed by atoms with van der Waals surface area (Å²) in [5.74, 6) is 0. The third kappa shape index (κ3) is 4.70. The van der Waals surface area contributed by atoms with E-state index in [4.69, 9.17) is 9.47 Å². The zero-order chi connectivity index (χ0) is 16.9. The number of benzene rings is 1. The smallest absolute Gasteiger partial charge is 0.435 e. The van der Waals surface area contributed by atoms with Crippen LogP contribution in [-0.4, -0.2) is 32.5 Å². The minimum atomic E-state index is -3.42. The van der Waals surface area contributed by atoms with Crippen LogP contribution in [0.4, 0.5) is 4.79 Å². The van der Waals surface area contributed by atoms with Gasteiger partial charge in [0.15, 0.2) is 9.84 Å². The molecule has 1 saturated carbocycles. The number of aryl methyl sites for hydroxylation is 1. The fourth-order valence-electron chi connectivity index (χ4n) is 2.87. The van der Waals surface area contributed by atoms with Crippen molar-refractivity contribution < 1.29 is 22.7 Å². The summed E-state index contributed by atoms with van der Waals surface area (Å²) in [6.07, 6.45) is 2.15. The lowest BCUT2D eigenvalue weighted by molar-refractivity contribution is 0.0216. The molecule has 2 rings (SSSR count). The summed E-state index contributed by atoms with van der Waals surface area (Å²) in [5, 5.41) is -0.521. The maximum Gasteiger partial charge on any atom is 0.508 e. The maximum absolute atomic E-state index is 12.8. The Labute approximate surface area is 137 Å². The van der Waals surface area contributed by atoms with Crippen molar-refractivity contribution >= 4 is 16.0 Å². The van der Waals surface area contributed by atoms with E-state index in [2.05, 4.69) is 0 Å². The van der Waals surface area contributed by atoms with E-state index < -0.39 is 27.3 Å². The van der Waals surface area contributed by atoms with Gasteiger partial charge in [0.05, 0.1) is 16.8 Å². The number of ether oxygens (including phenoxy) is 2. The molecule has 1 aliphatic carbocycles. The van der Waals surface area contributed by atoms with Gasteiger partial charge in [-0.25, -0.2) is 13.2 Å². The average molecular weight is 340 g/mol. The molecule has 0 bridgehead atoms. The molecule has 23 heavy (non-hydrogen) atoms. The second kappa shape index (κ2) is 7.81. The Morgan fingerprint density at radius 1 is 1.17 bits per heavy atom. The zero-order valence-electron chi connectivity index (χ0n) is 13.7. The predicted molar refractivity (Wildman–Crippen MR) is 87.1 cm³/mol. The minimum Gasteiger partial charge on any atom is -0.435 e. The Hall–Kier alpha value is -1.56. The molecular formula is C17H24O5S. The lowest BCUT2D eigenvalue weighted by Crippen LogP contribution is -2.28. The monoisotopic (exact) mass is 340 g/mol. The van der Waals surface area contributed by atoms with E-state index in [1.165, 1.54) is 0 Å². The summed E-state index contributed by atoms with van der Waals surface area (Å²) in [7, 11) is -3.42. The molecule has 0 saturated heterocycles. The lowest BCUT2D eigenvalue weighted by atomic mass is 10.1.